The Balaban J connectivity index is 1.70. The SMILES string of the molecule is CC(=O)c1ccc(N[C@@H]2O[C@H](CO)[C@@H](O[C@H]3O[C@@H](CO)[C@H](O)[C@@H](O)[C@@H]3O)[C@H](O)[C@H]2O)cc1. The van der Waals surface area contributed by atoms with Crippen molar-refractivity contribution in [3.05, 3.63) is 29.8 Å². The largest absolute Gasteiger partial charge is 0.394 e. The molecule has 0 aliphatic carbocycles. The summed E-state index contributed by atoms with van der Waals surface area (Å²) in [5.74, 6) is -0.116. The summed E-state index contributed by atoms with van der Waals surface area (Å²) >= 11 is 0. The Morgan fingerprint density at radius 2 is 1.50 bits per heavy atom. The highest BCUT2D eigenvalue weighted by Crippen LogP contribution is 2.29. The van der Waals surface area contributed by atoms with Gasteiger partial charge in [0.05, 0.1) is 13.2 Å². The van der Waals surface area contributed by atoms with Crippen molar-refractivity contribution in [3.8, 4) is 0 Å². The van der Waals surface area contributed by atoms with Crippen LogP contribution < -0.4 is 5.32 Å². The Bertz CT molecular complexity index is 758. The minimum absolute atomic E-state index is 0.116. The van der Waals surface area contributed by atoms with E-state index in [4.69, 9.17) is 14.2 Å². The van der Waals surface area contributed by atoms with Crippen LogP contribution in [0.2, 0.25) is 0 Å². The van der Waals surface area contributed by atoms with E-state index in [0.29, 0.717) is 11.3 Å². The number of ketones is 1. The molecule has 10 atom stereocenters. The third-order valence-corrected chi connectivity index (χ3v) is 5.60. The van der Waals surface area contributed by atoms with Crippen molar-refractivity contribution in [2.24, 2.45) is 0 Å². The van der Waals surface area contributed by atoms with E-state index < -0.39 is 74.6 Å². The van der Waals surface area contributed by atoms with E-state index in [9.17, 15) is 40.5 Å². The van der Waals surface area contributed by atoms with Crippen LogP contribution >= 0.6 is 0 Å². The number of hydrogen-bond acceptors (Lipinski definition) is 12. The summed E-state index contributed by atoms with van der Waals surface area (Å²) in [4.78, 5) is 11.4. The molecule has 8 N–H and O–H groups in total. The Hall–Kier alpha value is -1.71. The number of anilines is 1. The topological polar surface area (TPSA) is 198 Å². The summed E-state index contributed by atoms with van der Waals surface area (Å²) in [7, 11) is 0. The third-order valence-electron chi connectivity index (χ3n) is 5.60. The molecule has 2 aliphatic rings. The Kier molecular flexibility index (Phi) is 8.16. The first-order valence-electron chi connectivity index (χ1n) is 10.1. The van der Waals surface area contributed by atoms with Crippen molar-refractivity contribution in [1.82, 2.24) is 0 Å². The van der Waals surface area contributed by atoms with Crippen molar-refractivity contribution >= 4 is 11.5 Å². The Labute approximate surface area is 183 Å². The van der Waals surface area contributed by atoms with Gasteiger partial charge in [-0.3, -0.25) is 4.79 Å². The summed E-state index contributed by atoms with van der Waals surface area (Å²) < 4.78 is 16.4. The zero-order valence-electron chi connectivity index (χ0n) is 17.3. The molecule has 0 saturated carbocycles. The summed E-state index contributed by atoms with van der Waals surface area (Å²) in [6.45, 7) is 0.122. The van der Waals surface area contributed by atoms with Crippen LogP contribution in [0, 0.1) is 0 Å². The predicted octanol–water partition coefficient (Wildman–Crippen LogP) is -3.07. The molecule has 1 aromatic rings. The molecule has 180 valence electrons. The molecule has 2 heterocycles. The Morgan fingerprint density at radius 1 is 0.875 bits per heavy atom. The monoisotopic (exact) mass is 459 g/mol. The van der Waals surface area contributed by atoms with Gasteiger partial charge in [-0.05, 0) is 31.2 Å². The van der Waals surface area contributed by atoms with E-state index in [0.717, 1.165) is 0 Å². The molecule has 0 spiro atoms. The van der Waals surface area contributed by atoms with E-state index in [1.165, 1.54) is 6.92 Å². The predicted molar refractivity (Wildman–Crippen MR) is 106 cm³/mol. The molecular weight excluding hydrogens is 430 g/mol. The zero-order chi connectivity index (χ0) is 23.6. The summed E-state index contributed by atoms with van der Waals surface area (Å²) in [5, 5.41) is 72.9. The average molecular weight is 459 g/mol. The number of carbonyl (C=O) groups excluding carboxylic acids is 1. The van der Waals surface area contributed by atoms with Crippen LogP contribution in [0.3, 0.4) is 0 Å². The van der Waals surface area contributed by atoms with Crippen LogP contribution in [-0.4, -0.2) is 116 Å². The molecule has 2 aliphatic heterocycles. The number of Topliss-reactive ketones (excluding diaryl/α,β-unsaturated/α-hetero) is 1. The lowest BCUT2D eigenvalue weighted by Crippen LogP contribution is -2.65. The van der Waals surface area contributed by atoms with Crippen LogP contribution in [0.5, 0.6) is 0 Å². The smallest absolute Gasteiger partial charge is 0.187 e. The number of carbonyl (C=O) groups is 1. The maximum Gasteiger partial charge on any atom is 0.187 e. The van der Waals surface area contributed by atoms with Gasteiger partial charge in [-0.15, -0.1) is 0 Å². The summed E-state index contributed by atoms with van der Waals surface area (Å²) in [6.07, 6.45) is -14.7. The van der Waals surface area contributed by atoms with Gasteiger partial charge in [-0.2, -0.15) is 0 Å². The minimum atomic E-state index is -1.73. The average Bonchev–Trinajstić information content (AvgIpc) is 2.79. The van der Waals surface area contributed by atoms with Gasteiger partial charge in [0.15, 0.2) is 18.3 Å². The third kappa shape index (κ3) is 5.10. The maximum absolute atomic E-state index is 11.4. The second kappa shape index (κ2) is 10.5. The second-order valence-corrected chi connectivity index (χ2v) is 7.83. The molecule has 0 radical (unpaired) electrons. The van der Waals surface area contributed by atoms with Crippen LogP contribution in [-0.2, 0) is 14.2 Å². The van der Waals surface area contributed by atoms with E-state index in [1.807, 2.05) is 0 Å². The molecule has 32 heavy (non-hydrogen) atoms. The first kappa shape index (κ1) is 24.9. The second-order valence-electron chi connectivity index (χ2n) is 7.83. The van der Waals surface area contributed by atoms with E-state index >= 15 is 0 Å². The van der Waals surface area contributed by atoms with Crippen LogP contribution in [0.4, 0.5) is 5.69 Å². The van der Waals surface area contributed by atoms with E-state index in [1.54, 1.807) is 24.3 Å². The molecule has 0 amide bonds. The molecule has 2 fully saturated rings. The van der Waals surface area contributed by atoms with Crippen LogP contribution in [0.15, 0.2) is 24.3 Å². The van der Waals surface area contributed by atoms with Crippen molar-refractivity contribution in [2.75, 3.05) is 18.5 Å². The van der Waals surface area contributed by atoms with Gasteiger partial charge in [-0.25, -0.2) is 0 Å². The first-order chi connectivity index (χ1) is 15.2. The van der Waals surface area contributed by atoms with Gasteiger partial charge in [0.2, 0.25) is 0 Å². The normalized spacial score (nSPS) is 40.1. The van der Waals surface area contributed by atoms with Gasteiger partial charge in [-0.1, -0.05) is 0 Å². The van der Waals surface area contributed by atoms with E-state index in [2.05, 4.69) is 5.32 Å². The standard InChI is InChI=1S/C20H29NO11/c1-8(24)9-2-4-10(5-3-9)21-19-16(28)15(27)18(12(7-23)30-19)32-20-17(29)14(26)13(25)11(6-22)31-20/h2-5,11-23,25-29H,6-7H2,1H3/t11-,12+,13-,14+,15+,16+,17-,18+,19+,20+/m0/s1. The molecule has 1 aromatic carbocycles. The lowest BCUT2D eigenvalue weighted by Gasteiger charge is -2.46. The zero-order valence-corrected chi connectivity index (χ0v) is 17.3. The number of benzene rings is 1. The van der Waals surface area contributed by atoms with Crippen molar-refractivity contribution in [1.29, 1.82) is 0 Å². The lowest BCUT2D eigenvalue weighted by molar-refractivity contribution is -0.340. The molecule has 3 rings (SSSR count). The fraction of sp³-hybridized carbons (Fsp3) is 0.650. The number of rotatable bonds is 7. The van der Waals surface area contributed by atoms with Crippen molar-refractivity contribution in [3.63, 3.8) is 0 Å². The van der Waals surface area contributed by atoms with Crippen LogP contribution in [0.25, 0.3) is 0 Å². The van der Waals surface area contributed by atoms with Gasteiger partial charge in [0, 0.05) is 11.3 Å². The van der Waals surface area contributed by atoms with Crippen LogP contribution in [0.1, 0.15) is 17.3 Å². The maximum atomic E-state index is 11.4. The lowest BCUT2D eigenvalue weighted by atomic mass is 9.96. The van der Waals surface area contributed by atoms with Crippen molar-refractivity contribution < 1.29 is 54.8 Å². The minimum Gasteiger partial charge on any atom is -0.394 e. The van der Waals surface area contributed by atoms with Crippen molar-refractivity contribution in [2.45, 2.75) is 68.3 Å². The number of aliphatic hydroxyl groups is 7. The highest BCUT2D eigenvalue weighted by atomic mass is 16.7. The first-order valence-corrected chi connectivity index (χ1v) is 10.1. The number of hydrogen-bond donors (Lipinski definition) is 8. The quantitative estimate of drug-likeness (QED) is 0.192. The van der Waals surface area contributed by atoms with Gasteiger partial charge < -0.3 is 55.3 Å². The Morgan fingerprint density at radius 3 is 2.06 bits per heavy atom. The molecular formula is C20H29NO11. The molecule has 0 aromatic heterocycles. The molecule has 0 unspecified atom stereocenters. The fourth-order valence-corrected chi connectivity index (χ4v) is 3.67. The van der Waals surface area contributed by atoms with E-state index in [-0.39, 0.29) is 5.78 Å². The molecule has 2 saturated heterocycles. The number of ether oxygens (including phenoxy) is 3. The molecule has 12 nitrogen and oxygen atoms in total. The number of aliphatic hydroxyl groups excluding tert-OH is 7. The van der Waals surface area contributed by atoms with Gasteiger partial charge >= 0.3 is 0 Å². The highest BCUT2D eigenvalue weighted by molar-refractivity contribution is 5.94. The molecule has 12 heteroatoms. The number of nitrogens with one attached hydrogen (secondary N) is 1. The fourth-order valence-electron chi connectivity index (χ4n) is 3.67. The summed E-state index contributed by atoms with van der Waals surface area (Å²) in [5.41, 5.74) is 0.971. The van der Waals surface area contributed by atoms with Gasteiger partial charge in [0.25, 0.3) is 0 Å². The van der Waals surface area contributed by atoms with Gasteiger partial charge in [0.1, 0.15) is 48.8 Å². The highest BCUT2D eigenvalue weighted by Gasteiger charge is 2.50. The summed E-state index contributed by atoms with van der Waals surface area (Å²) in [6, 6.07) is 6.32. The molecule has 0 bridgehead atoms.